The van der Waals surface area contributed by atoms with Crippen LogP contribution >= 0.6 is 0 Å². The molecule has 0 aliphatic heterocycles. The Morgan fingerprint density at radius 3 is 1.52 bits per heavy atom. The summed E-state index contributed by atoms with van der Waals surface area (Å²) in [6.07, 6.45) is -10.9. The molecular formula is C16H12F13NO. The molecule has 178 valence electrons. The van der Waals surface area contributed by atoms with E-state index >= 15 is 0 Å². The van der Waals surface area contributed by atoms with E-state index in [2.05, 4.69) is 5.32 Å². The summed E-state index contributed by atoms with van der Waals surface area (Å²) in [4.78, 5) is 10.8. The molecule has 1 aromatic rings. The van der Waals surface area contributed by atoms with Gasteiger partial charge in [-0.1, -0.05) is 12.1 Å². The van der Waals surface area contributed by atoms with E-state index in [-0.39, 0.29) is 11.3 Å². The summed E-state index contributed by atoms with van der Waals surface area (Å²) in [6, 6.07) is 4.09. The molecule has 0 spiro atoms. The van der Waals surface area contributed by atoms with Gasteiger partial charge in [0.2, 0.25) is 5.91 Å². The zero-order valence-electron chi connectivity index (χ0n) is 15.0. The van der Waals surface area contributed by atoms with Gasteiger partial charge in [0.05, 0.1) is 0 Å². The van der Waals surface area contributed by atoms with E-state index in [0.717, 1.165) is 31.2 Å². The van der Waals surface area contributed by atoms with Crippen molar-refractivity contribution in [2.45, 2.75) is 55.6 Å². The number of rotatable bonds is 8. The number of hydrogen-bond donors (Lipinski definition) is 1. The molecule has 31 heavy (non-hydrogen) atoms. The number of carbonyl (C=O) groups is 1. The number of halogens is 13. The average molecular weight is 481 g/mol. The van der Waals surface area contributed by atoms with Crippen molar-refractivity contribution in [1.29, 1.82) is 0 Å². The SMILES string of the molecule is CC(=O)Nc1ccc(CCC(F)(F)C(F)(F)C(F)(F)C(F)(F)C(F)(F)C(F)(F)F)cc1. The third-order valence-electron chi connectivity index (χ3n) is 4.00. The monoisotopic (exact) mass is 481 g/mol. The van der Waals surface area contributed by atoms with Crippen LogP contribution in [0.15, 0.2) is 24.3 Å². The molecular weight excluding hydrogens is 469 g/mol. The van der Waals surface area contributed by atoms with Gasteiger partial charge in [0.15, 0.2) is 0 Å². The van der Waals surface area contributed by atoms with E-state index in [0.29, 0.717) is 0 Å². The minimum Gasteiger partial charge on any atom is -0.326 e. The second-order valence-electron chi connectivity index (χ2n) is 6.38. The van der Waals surface area contributed by atoms with Gasteiger partial charge in [0.1, 0.15) is 0 Å². The molecule has 0 aliphatic carbocycles. The molecule has 15 heteroatoms. The van der Waals surface area contributed by atoms with Gasteiger partial charge >= 0.3 is 35.8 Å². The van der Waals surface area contributed by atoms with Crippen LogP contribution in [0.3, 0.4) is 0 Å². The molecule has 2 nitrogen and oxygen atoms in total. The Labute approximate surface area is 165 Å². The molecule has 0 bridgehead atoms. The maximum atomic E-state index is 13.7. The van der Waals surface area contributed by atoms with Crippen molar-refractivity contribution >= 4 is 11.6 Å². The zero-order valence-corrected chi connectivity index (χ0v) is 15.0. The van der Waals surface area contributed by atoms with Crippen LogP contribution in [0.5, 0.6) is 0 Å². The summed E-state index contributed by atoms with van der Waals surface area (Å²) in [6.45, 7) is 1.11. The lowest BCUT2D eigenvalue weighted by atomic mass is 9.91. The predicted octanol–water partition coefficient (Wildman–Crippen LogP) is 6.32. The molecule has 1 amide bonds. The van der Waals surface area contributed by atoms with Crippen molar-refractivity contribution < 1.29 is 61.9 Å². The zero-order chi connectivity index (χ0) is 24.7. The highest BCUT2D eigenvalue weighted by atomic mass is 19.4. The second kappa shape index (κ2) is 8.04. The van der Waals surface area contributed by atoms with Crippen LogP contribution in [-0.4, -0.2) is 41.7 Å². The van der Waals surface area contributed by atoms with Crippen molar-refractivity contribution in [3.63, 3.8) is 0 Å². The molecule has 0 radical (unpaired) electrons. The van der Waals surface area contributed by atoms with Crippen LogP contribution in [0.2, 0.25) is 0 Å². The highest BCUT2D eigenvalue weighted by Crippen LogP contribution is 2.60. The minimum absolute atomic E-state index is 0.119. The molecule has 0 unspecified atom stereocenters. The molecule has 0 saturated heterocycles. The van der Waals surface area contributed by atoms with Crippen LogP contribution in [0, 0.1) is 0 Å². The van der Waals surface area contributed by atoms with E-state index in [9.17, 15) is 61.9 Å². The highest BCUT2D eigenvalue weighted by molar-refractivity contribution is 5.88. The molecule has 0 aromatic heterocycles. The van der Waals surface area contributed by atoms with Crippen molar-refractivity contribution in [3.8, 4) is 0 Å². The molecule has 0 heterocycles. The number of aryl methyl sites for hydroxylation is 1. The number of alkyl halides is 13. The van der Waals surface area contributed by atoms with Crippen LogP contribution in [-0.2, 0) is 11.2 Å². The number of benzene rings is 1. The second-order valence-corrected chi connectivity index (χ2v) is 6.38. The molecule has 0 fully saturated rings. The van der Waals surface area contributed by atoms with Gasteiger partial charge in [-0.2, -0.15) is 57.1 Å². The van der Waals surface area contributed by atoms with Crippen LogP contribution < -0.4 is 5.32 Å². The summed E-state index contributed by atoms with van der Waals surface area (Å²) < 4.78 is 169. The largest absolute Gasteiger partial charge is 0.460 e. The van der Waals surface area contributed by atoms with Crippen molar-refractivity contribution in [3.05, 3.63) is 29.8 Å². The fourth-order valence-corrected chi connectivity index (χ4v) is 2.22. The molecule has 0 saturated carbocycles. The van der Waals surface area contributed by atoms with Crippen molar-refractivity contribution in [2.24, 2.45) is 0 Å². The molecule has 1 rings (SSSR count). The summed E-state index contributed by atoms with van der Waals surface area (Å²) in [5, 5.41) is 2.24. The number of amides is 1. The smallest absolute Gasteiger partial charge is 0.326 e. The fraction of sp³-hybridized carbons (Fsp3) is 0.562. The van der Waals surface area contributed by atoms with E-state index < -0.39 is 54.5 Å². The molecule has 0 atom stereocenters. The number of hydrogen-bond acceptors (Lipinski definition) is 1. The topological polar surface area (TPSA) is 29.1 Å². The first-order valence-corrected chi connectivity index (χ1v) is 7.94. The first-order valence-electron chi connectivity index (χ1n) is 7.94. The number of nitrogens with one attached hydrogen (secondary N) is 1. The van der Waals surface area contributed by atoms with E-state index in [1.54, 1.807) is 0 Å². The van der Waals surface area contributed by atoms with Gasteiger partial charge in [0.25, 0.3) is 0 Å². The van der Waals surface area contributed by atoms with Gasteiger partial charge in [-0.25, -0.2) is 0 Å². The molecule has 0 aliphatic rings. The summed E-state index contributed by atoms with van der Waals surface area (Å²) >= 11 is 0. The Morgan fingerprint density at radius 1 is 0.710 bits per heavy atom. The highest BCUT2D eigenvalue weighted by Gasteiger charge is 2.90. The summed E-state index contributed by atoms with van der Waals surface area (Å²) in [7, 11) is 0. The number of anilines is 1. The summed E-state index contributed by atoms with van der Waals surface area (Å²) in [5.74, 6) is -37.4. The Bertz CT molecular complexity index is 784. The maximum absolute atomic E-state index is 13.7. The van der Waals surface area contributed by atoms with Crippen LogP contribution in [0.25, 0.3) is 0 Å². The molecule has 1 N–H and O–H groups in total. The first kappa shape index (κ1) is 26.8. The van der Waals surface area contributed by atoms with E-state index in [4.69, 9.17) is 0 Å². The number of carbonyl (C=O) groups excluding carboxylic acids is 1. The average Bonchev–Trinajstić information content (AvgIpc) is 2.59. The third kappa shape index (κ3) is 4.68. The Hall–Kier alpha value is -2.22. The van der Waals surface area contributed by atoms with Crippen LogP contribution in [0.1, 0.15) is 18.9 Å². The van der Waals surface area contributed by atoms with Gasteiger partial charge < -0.3 is 5.32 Å². The Kier molecular flexibility index (Phi) is 6.95. The minimum atomic E-state index is -7.90. The lowest BCUT2D eigenvalue weighted by Crippen LogP contribution is -2.70. The van der Waals surface area contributed by atoms with Crippen LogP contribution in [0.4, 0.5) is 62.8 Å². The van der Waals surface area contributed by atoms with E-state index in [1.807, 2.05) is 0 Å². The van der Waals surface area contributed by atoms with Crippen molar-refractivity contribution in [2.75, 3.05) is 5.32 Å². The van der Waals surface area contributed by atoms with Gasteiger partial charge in [0, 0.05) is 19.0 Å². The first-order chi connectivity index (χ1) is 13.6. The lowest BCUT2D eigenvalue weighted by Gasteiger charge is -2.39. The fourth-order valence-electron chi connectivity index (χ4n) is 2.22. The van der Waals surface area contributed by atoms with E-state index in [1.165, 1.54) is 0 Å². The lowest BCUT2D eigenvalue weighted by molar-refractivity contribution is -0.440. The Morgan fingerprint density at radius 2 is 1.13 bits per heavy atom. The maximum Gasteiger partial charge on any atom is 0.460 e. The van der Waals surface area contributed by atoms with Gasteiger partial charge in [-0.3, -0.25) is 4.79 Å². The normalized spacial score (nSPS) is 14.5. The van der Waals surface area contributed by atoms with Crippen molar-refractivity contribution in [1.82, 2.24) is 0 Å². The van der Waals surface area contributed by atoms with Gasteiger partial charge in [-0.05, 0) is 24.1 Å². The molecule has 1 aromatic carbocycles. The van der Waals surface area contributed by atoms with Gasteiger partial charge in [-0.15, -0.1) is 0 Å². The Balaban J connectivity index is 3.15. The standard InChI is InChI=1S/C16H12F13NO/c1-8(31)30-10-4-2-9(3-5-10)6-7-11(17,18)12(19,20)13(21,22)14(23,24)15(25,26)16(27,28)29/h2-5H,6-7H2,1H3,(H,30,31). The quantitative estimate of drug-likeness (QED) is 0.433. The third-order valence-corrected chi connectivity index (χ3v) is 4.00. The predicted molar refractivity (Wildman–Crippen MR) is 79.9 cm³/mol. The summed E-state index contributed by atoms with van der Waals surface area (Å²) in [5.41, 5.74) is -0.130.